The van der Waals surface area contributed by atoms with Crippen molar-refractivity contribution in [2.75, 3.05) is 13.1 Å². The summed E-state index contributed by atoms with van der Waals surface area (Å²) in [5.74, 6) is 0. The minimum absolute atomic E-state index is 0.0359. The molecule has 2 aliphatic rings. The van der Waals surface area contributed by atoms with Gasteiger partial charge in [-0.3, -0.25) is 0 Å². The predicted octanol–water partition coefficient (Wildman–Crippen LogP) is 1.68. The number of nitrogens with one attached hydrogen (secondary N) is 1. The Kier molecular flexibility index (Phi) is 5.37. The van der Waals surface area contributed by atoms with Crippen LogP contribution in [0, 0.1) is 0 Å². The molecule has 1 saturated heterocycles. The highest BCUT2D eigenvalue weighted by Crippen LogP contribution is 2.16. The molecule has 2 heteroatoms. The van der Waals surface area contributed by atoms with Crippen molar-refractivity contribution in [2.24, 2.45) is 0 Å². The van der Waals surface area contributed by atoms with Gasteiger partial charge in [0.1, 0.15) is 0 Å². The second kappa shape index (κ2) is 6.44. The first kappa shape index (κ1) is 10.0. The second-order valence-corrected chi connectivity index (χ2v) is 3.75. The first-order valence-corrected chi connectivity index (χ1v) is 5.28. The molecule has 0 spiro atoms. The lowest BCUT2D eigenvalue weighted by Gasteiger charge is -2.14. The normalized spacial score (nSPS) is 24.8. The summed E-state index contributed by atoms with van der Waals surface area (Å²) in [5.41, 5.74) is 0. The van der Waals surface area contributed by atoms with Gasteiger partial charge in [0.2, 0.25) is 0 Å². The fourth-order valence-electron chi connectivity index (χ4n) is 1.71. The number of aliphatic hydroxyl groups is 1. The average Bonchev–Trinajstić information content (AvgIpc) is 2.62. The van der Waals surface area contributed by atoms with Crippen molar-refractivity contribution in [2.45, 2.75) is 51.0 Å². The van der Waals surface area contributed by atoms with E-state index >= 15 is 0 Å². The molecule has 0 unspecified atom stereocenters. The standard InChI is InChI=1S/C6H12O.C4H9N/c7-6-4-2-1-3-5-6;1-2-4-5-3-1/h6-7H,1-5H2;5H,1-4H2. The molecule has 1 saturated carbocycles. The molecular weight excluding hydrogens is 150 g/mol. The monoisotopic (exact) mass is 171 g/mol. The lowest BCUT2D eigenvalue weighted by molar-refractivity contribution is 0.130. The van der Waals surface area contributed by atoms with Crippen LogP contribution in [0.5, 0.6) is 0 Å². The van der Waals surface area contributed by atoms with Crippen LogP contribution in [-0.2, 0) is 0 Å². The van der Waals surface area contributed by atoms with Gasteiger partial charge in [-0.1, -0.05) is 19.3 Å². The van der Waals surface area contributed by atoms with Gasteiger partial charge in [-0.25, -0.2) is 0 Å². The summed E-state index contributed by atoms with van der Waals surface area (Å²) >= 11 is 0. The van der Waals surface area contributed by atoms with Gasteiger partial charge in [0.15, 0.2) is 0 Å². The molecule has 2 N–H and O–H groups in total. The highest BCUT2D eigenvalue weighted by Gasteiger charge is 2.07. The Labute approximate surface area is 75.4 Å². The Morgan fingerprint density at radius 3 is 1.67 bits per heavy atom. The Bertz CT molecular complexity index is 88.4. The molecule has 0 aromatic carbocycles. The van der Waals surface area contributed by atoms with E-state index in [4.69, 9.17) is 5.11 Å². The van der Waals surface area contributed by atoms with Crippen molar-refractivity contribution >= 4 is 0 Å². The molecule has 2 fully saturated rings. The van der Waals surface area contributed by atoms with E-state index in [0.717, 1.165) is 12.8 Å². The molecule has 0 aromatic rings. The molecule has 1 heterocycles. The first-order valence-electron chi connectivity index (χ1n) is 5.28. The fraction of sp³-hybridized carbons (Fsp3) is 1.00. The summed E-state index contributed by atoms with van der Waals surface area (Å²) in [7, 11) is 0. The third-order valence-corrected chi connectivity index (χ3v) is 2.53. The van der Waals surface area contributed by atoms with E-state index < -0.39 is 0 Å². The lowest BCUT2D eigenvalue weighted by Crippen LogP contribution is -2.09. The van der Waals surface area contributed by atoms with Crippen molar-refractivity contribution in [3.8, 4) is 0 Å². The average molecular weight is 171 g/mol. The highest BCUT2D eigenvalue weighted by atomic mass is 16.3. The van der Waals surface area contributed by atoms with Crippen LogP contribution >= 0.6 is 0 Å². The van der Waals surface area contributed by atoms with Gasteiger partial charge >= 0.3 is 0 Å². The van der Waals surface area contributed by atoms with E-state index in [1.807, 2.05) is 0 Å². The van der Waals surface area contributed by atoms with Crippen LogP contribution in [0.15, 0.2) is 0 Å². The zero-order valence-corrected chi connectivity index (χ0v) is 7.89. The lowest BCUT2D eigenvalue weighted by atomic mass is 9.98. The number of aliphatic hydroxyl groups excluding tert-OH is 1. The van der Waals surface area contributed by atoms with E-state index in [2.05, 4.69) is 5.32 Å². The quantitative estimate of drug-likeness (QED) is 0.581. The van der Waals surface area contributed by atoms with Crippen molar-refractivity contribution in [3.05, 3.63) is 0 Å². The van der Waals surface area contributed by atoms with Crippen molar-refractivity contribution in [1.29, 1.82) is 0 Å². The second-order valence-electron chi connectivity index (χ2n) is 3.75. The summed E-state index contributed by atoms with van der Waals surface area (Å²) in [4.78, 5) is 0. The molecule has 12 heavy (non-hydrogen) atoms. The number of hydrogen-bond donors (Lipinski definition) is 2. The fourth-order valence-corrected chi connectivity index (χ4v) is 1.71. The maximum Gasteiger partial charge on any atom is 0.0540 e. The Hall–Kier alpha value is -0.0800. The van der Waals surface area contributed by atoms with E-state index in [9.17, 15) is 0 Å². The molecule has 1 aliphatic heterocycles. The number of hydrogen-bond acceptors (Lipinski definition) is 2. The Balaban J connectivity index is 0.000000127. The van der Waals surface area contributed by atoms with Gasteiger partial charge in [-0.2, -0.15) is 0 Å². The smallest absolute Gasteiger partial charge is 0.0540 e. The zero-order valence-electron chi connectivity index (χ0n) is 7.89. The topological polar surface area (TPSA) is 32.3 Å². The molecule has 0 amide bonds. The number of rotatable bonds is 0. The molecule has 2 rings (SSSR count). The van der Waals surface area contributed by atoms with Crippen LogP contribution in [0.1, 0.15) is 44.9 Å². The van der Waals surface area contributed by atoms with Crippen molar-refractivity contribution in [3.63, 3.8) is 0 Å². The van der Waals surface area contributed by atoms with Crippen LogP contribution in [0.3, 0.4) is 0 Å². The summed E-state index contributed by atoms with van der Waals surface area (Å²) in [6, 6.07) is 0. The maximum atomic E-state index is 8.91. The van der Waals surface area contributed by atoms with Crippen LogP contribution in [0.4, 0.5) is 0 Å². The van der Waals surface area contributed by atoms with Crippen LogP contribution < -0.4 is 5.32 Å². The van der Waals surface area contributed by atoms with Crippen LogP contribution in [-0.4, -0.2) is 24.3 Å². The minimum Gasteiger partial charge on any atom is -0.393 e. The van der Waals surface area contributed by atoms with Crippen molar-refractivity contribution < 1.29 is 5.11 Å². The molecule has 0 bridgehead atoms. The highest BCUT2D eigenvalue weighted by molar-refractivity contribution is 4.61. The van der Waals surface area contributed by atoms with E-state index in [0.29, 0.717) is 0 Å². The summed E-state index contributed by atoms with van der Waals surface area (Å²) in [6.45, 7) is 2.50. The van der Waals surface area contributed by atoms with Crippen molar-refractivity contribution in [1.82, 2.24) is 5.32 Å². The third-order valence-electron chi connectivity index (χ3n) is 2.53. The first-order chi connectivity index (χ1) is 5.89. The van der Waals surface area contributed by atoms with Gasteiger partial charge in [0.25, 0.3) is 0 Å². The summed E-state index contributed by atoms with van der Waals surface area (Å²) < 4.78 is 0. The molecule has 1 aliphatic carbocycles. The minimum atomic E-state index is 0.0359. The predicted molar refractivity (Wildman–Crippen MR) is 51.2 cm³/mol. The van der Waals surface area contributed by atoms with Gasteiger partial charge in [-0.05, 0) is 38.8 Å². The molecule has 0 radical (unpaired) electrons. The molecular formula is C10H21NO. The summed E-state index contributed by atoms with van der Waals surface area (Å²) in [6.07, 6.45) is 8.70. The van der Waals surface area contributed by atoms with Gasteiger partial charge in [0, 0.05) is 0 Å². The van der Waals surface area contributed by atoms with Crippen LogP contribution in [0.2, 0.25) is 0 Å². The van der Waals surface area contributed by atoms with Gasteiger partial charge < -0.3 is 10.4 Å². The summed E-state index contributed by atoms with van der Waals surface area (Å²) in [5, 5.41) is 12.1. The Morgan fingerprint density at radius 1 is 0.833 bits per heavy atom. The Morgan fingerprint density at radius 2 is 1.42 bits per heavy atom. The molecule has 0 aromatic heterocycles. The molecule has 72 valence electrons. The van der Waals surface area contributed by atoms with Gasteiger partial charge in [-0.15, -0.1) is 0 Å². The SMILES string of the molecule is C1CCNC1.OC1CCCCC1. The molecule has 0 atom stereocenters. The third kappa shape index (κ3) is 4.73. The van der Waals surface area contributed by atoms with Gasteiger partial charge in [0.05, 0.1) is 6.10 Å². The zero-order chi connectivity index (χ0) is 8.65. The maximum absolute atomic E-state index is 8.91. The largest absolute Gasteiger partial charge is 0.393 e. The van der Waals surface area contributed by atoms with E-state index in [1.54, 1.807) is 0 Å². The van der Waals surface area contributed by atoms with E-state index in [1.165, 1.54) is 45.2 Å². The molecule has 2 nitrogen and oxygen atoms in total. The van der Waals surface area contributed by atoms with Crippen LogP contribution in [0.25, 0.3) is 0 Å². The van der Waals surface area contributed by atoms with E-state index in [-0.39, 0.29) is 6.10 Å².